The van der Waals surface area contributed by atoms with Gasteiger partial charge in [0.1, 0.15) is 5.60 Å². The second-order valence-corrected chi connectivity index (χ2v) is 8.17. The van der Waals surface area contributed by atoms with Crippen LogP contribution in [0.25, 0.3) is 0 Å². The summed E-state index contributed by atoms with van der Waals surface area (Å²) >= 11 is 6.37. The van der Waals surface area contributed by atoms with Crippen molar-refractivity contribution in [2.24, 2.45) is 0 Å². The van der Waals surface area contributed by atoms with Gasteiger partial charge in [-0.1, -0.05) is 24.1 Å². The number of esters is 1. The molecule has 0 aliphatic heterocycles. The highest BCUT2D eigenvalue weighted by Gasteiger charge is 2.58. The van der Waals surface area contributed by atoms with Crippen LogP contribution in [0, 0.1) is 0 Å². The zero-order chi connectivity index (χ0) is 17.4. The third kappa shape index (κ3) is 3.70. The highest BCUT2D eigenvalue weighted by atomic mass is 35.5. The number of rotatable bonds is 4. The predicted octanol–water partition coefficient (Wildman–Crippen LogP) is 4.77. The Balaban J connectivity index is 0.00000225. The summed E-state index contributed by atoms with van der Waals surface area (Å²) in [6, 6.07) is 6.29. The highest BCUT2D eigenvalue weighted by Crippen LogP contribution is 2.57. The van der Waals surface area contributed by atoms with Crippen molar-refractivity contribution in [2.75, 3.05) is 20.6 Å². The van der Waals surface area contributed by atoms with Crippen LogP contribution in [0.4, 0.5) is 0 Å². The molecular weight excluding hydrogens is 357 g/mol. The van der Waals surface area contributed by atoms with Gasteiger partial charge in [-0.25, -0.2) is 0 Å². The van der Waals surface area contributed by atoms with Crippen LogP contribution in [0.3, 0.4) is 0 Å². The molecule has 25 heavy (non-hydrogen) atoms. The molecule has 2 aliphatic rings. The number of carbonyl (C=O) groups excluding carboxylic acids is 1. The lowest BCUT2D eigenvalue weighted by Gasteiger charge is -2.56. The zero-order valence-electron chi connectivity index (χ0n) is 15.4. The second-order valence-electron chi connectivity index (χ2n) is 7.73. The normalized spacial score (nSPS) is 27.9. The maximum Gasteiger partial charge on any atom is 0.303 e. The van der Waals surface area contributed by atoms with Crippen molar-refractivity contribution in [1.29, 1.82) is 0 Å². The number of hydrogen-bond acceptors (Lipinski definition) is 3. The monoisotopic (exact) mass is 385 g/mol. The minimum absolute atomic E-state index is 0. The fourth-order valence-electron chi connectivity index (χ4n) is 4.97. The summed E-state index contributed by atoms with van der Waals surface area (Å²) in [4.78, 5) is 14.2. The van der Waals surface area contributed by atoms with Crippen LogP contribution in [-0.2, 0) is 21.4 Å². The fourth-order valence-corrected chi connectivity index (χ4v) is 5.15. The predicted molar refractivity (Wildman–Crippen MR) is 105 cm³/mol. The highest BCUT2D eigenvalue weighted by molar-refractivity contribution is 6.30. The van der Waals surface area contributed by atoms with Crippen LogP contribution in [-0.4, -0.2) is 37.1 Å². The van der Waals surface area contributed by atoms with Crippen molar-refractivity contribution in [3.8, 4) is 0 Å². The van der Waals surface area contributed by atoms with Gasteiger partial charge in [-0.15, -0.1) is 12.4 Å². The van der Waals surface area contributed by atoms with Gasteiger partial charge in [-0.3, -0.25) is 4.79 Å². The van der Waals surface area contributed by atoms with E-state index in [0.717, 1.165) is 50.1 Å². The average Bonchev–Trinajstić information content (AvgIpc) is 2.52. The molecule has 1 saturated carbocycles. The Morgan fingerprint density at radius 1 is 1.24 bits per heavy atom. The van der Waals surface area contributed by atoms with Crippen LogP contribution in [0.15, 0.2) is 18.2 Å². The van der Waals surface area contributed by atoms with E-state index in [4.69, 9.17) is 16.3 Å². The molecule has 1 fully saturated rings. The molecule has 2 atom stereocenters. The lowest BCUT2D eigenvalue weighted by molar-refractivity contribution is -0.176. The molecule has 3 nitrogen and oxygen atoms in total. The number of nitrogens with zero attached hydrogens (tertiary/aromatic N) is 1. The Labute approximate surface area is 162 Å². The van der Waals surface area contributed by atoms with Gasteiger partial charge in [0, 0.05) is 17.4 Å². The molecule has 1 aromatic rings. The van der Waals surface area contributed by atoms with Gasteiger partial charge in [0.05, 0.1) is 0 Å². The largest absolute Gasteiger partial charge is 0.458 e. The topological polar surface area (TPSA) is 29.5 Å². The van der Waals surface area contributed by atoms with E-state index >= 15 is 0 Å². The first-order chi connectivity index (χ1) is 11.4. The Morgan fingerprint density at radius 3 is 2.64 bits per heavy atom. The Hall–Kier alpha value is -0.770. The SMILES string of the molecule is CC(=O)OC12CCCC[C@]1(CCN(C)C)c1cc(Cl)ccc1CC2.Cl. The quantitative estimate of drug-likeness (QED) is 0.698. The molecule has 0 aromatic heterocycles. The number of benzene rings is 1. The zero-order valence-corrected chi connectivity index (χ0v) is 17.0. The molecule has 140 valence electrons. The molecule has 0 saturated heterocycles. The lowest BCUT2D eigenvalue weighted by atomic mass is 9.53. The first-order valence-corrected chi connectivity index (χ1v) is 9.40. The summed E-state index contributed by atoms with van der Waals surface area (Å²) in [5.74, 6) is -0.156. The summed E-state index contributed by atoms with van der Waals surface area (Å²) in [6.07, 6.45) is 7.24. The molecule has 3 rings (SSSR count). The maximum absolute atomic E-state index is 12.0. The molecule has 0 bridgehead atoms. The molecule has 0 spiro atoms. The molecule has 0 radical (unpaired) electrons. The van der Waals surface area contributed by atoms with Gasteiger partial charge in [-0.05, 0) is 82.4 Å². The minimum atomic E-state index is -0.370. The Bertz CT molecular complexity index is 634. The number of carbonyl (C=O) groups is 1. The summed E-state index contributed by atoms with van der Waals surface area (Å²) < 4.78 is 6.11. The molecule has 0 heterocycles. The van der Waals surface area contributed by atoms with Crippen LogP contribution in [0.2, 0.25) is 5.02 Å². The molecule has 0 amide bonds. The molecule has 5 heteroatoms. The number of aryl methyl sites for hydroxylation is 1. The van der Waals surface area contributed by atoms with Gasteiger partial charge >= 0.3 is 5.97 Å². The fraction of sp³-hybridized carbons (Fsp3) is 0.650. The Kier molecular flexibility index (Phi) is 6.45. The van der Waals surface area contributed by atoms with Crippen molar-refractivity contribution < 1.29 is 9.53 Å². The van der Waals surface area contributed by atoms with E-state index in [0.29, 0.717) is 0 Å². The number of hydrogen-bond donors (Lipinski definition) is 0. The van der Waals surface area contributed by atoms with Gasteiger partial charge in [-0.2, -0.15) is 0 Å². The van der Waals surface area contributed by atoms with Gasteiger partial charge < -0.3 is 9.64 Å². The van der Waals surface area contributed by atoms with E-state index in [-0.39, 0.29) is 29.4 Å². The molecule has 0 N–H and O–H groups in total. The van der Waals surface area contributed by atoms with Crippen molar-refractivity contribution in [3.63, 3.8) is 0 Å². The van der Waals surface area contributed by atoms with E-state index in [1.54, 1.807) is 6.92 Å². The van der Waals surface area contributed by atoms with Crippen LogP contribution >= 0.6 is 24.0 Å². The lowest BCUT2D eigenvalue weighted by Crippen LogP contribution is -2.59. The number of fused-ring (bicyclic) bond motifs is 3. The van der Waals surface area contributed by atoms with Crippen LogP contribution in [0.1, 0.15) is 56.6 Å². The van der Waals surface area contributed by atoms with Crippen molar-refractivity contribution >= 4 is 30.0 Å². The van der Waals surface area contributed by atoms with Crippen molar-refractivity contribution in [2.45, 2.75) is 62.9 Å². The second kappa shape index (κ2) is 7.85. The van der Waals surface area contributed by atoms with Crippen LogP contribution in [0.5, 0.6) is 0 Å². The molecule has 1 unspecified atom stereocenters. The summed E-state index contributed by atoms with van der Waals surface area (Å²) in [6.45, 7) is 2.53. The van der Waals surface area contributed by atoms with Crippen LogP contribution < -0.4 is 0 Å². The summed E-state index contributed by atoms with van der Waals surface area (Å²) in [5.41, 5.74) is 2.22. The van der Waals surface area contributed by atoms with E-state index < -0.39 is 0 Å². The molecule has 2 aliphatic carbocycles. The molecular formula is C20H29Cl2NO2. The van der Waals surface area contributed by atoms with E-state index in [9.17, 15) is 4.79 Å². The number of halogens is 2. The van der Waals surface area contributed by atoms with Crippen molar-refractivity contribution in [1.82, 2.24) is 4.90 Å². The van der Waals surface area contributed by atoms with Gasteiger partial charge in [0.2, 0.25) is 0 Å². The summed E-state index contributed by atoms with van der Waals surface area (Å²) in [7, 11) is 4.21. The third-order valence-corrected chi connectivity index (χ3v) is 6.25. The van der Waals surface area contributed by atoms with E-state index in [1.165, 1.54) is 17.5 Å². The smallest absolute Gasteiger partial charge is 0.303 e. The average molecular weight is 386 g/mol. The first-order valence-electron chi connectivity index (χ1n) is 9.02. The number of ether oxygens (including phenoxy) is 1. The maximum atomic E-state index is 12.0. The summed E-state index contributed by atoms with van der Waals surface area (Å²) in [5, 5.41) is 0.780. The van der Waals surface area contributed by atoms with Crippen molar-refractivity contribution in [3.05, 3.63) is 34.3 Å². The third-order valence-electron chi connectivity index (χ3n) is 6.02. The Morgan fingerprint density at radius 2 is 1.96 bits per heavy atom. The van der Waals surface area contributed by atoms with Gasteiger partial charge in [0.15, 0.2) is 0 Å². The van der Waals surface area contributed by atoms with Gasteiger partial charge in [0.25, 0.3) is 0 Å². The minimum Gasteiger partial charge on any atom is -0.458 e. The first kappa shape index (κ1) is 20.5. The van der Waals surface area contributed by atoms with E-state index in [1.807, 2.05) is 6.07 Å². The van der Waals surface area contributed by atoms with E-state index in [2.05, 4.69) is 31.1 Å². The standard InChI is InChI=1S/C20H28ClNO2.ClH/c1-15(23)24-20-10-5-4-9-19(20,12-13-22(2)3)18-14-17(21)7-6-16(18)8-11-20;/h6-7,14H,4-5,8-13H2,1-3H3;1H/t19-,20?;/m0./s1. The molecule has 1 aromatic carbocycles.